The molecule has 0 heterocycles. The summed E-state index contributed by atoms with van der Waals surface area (Å²) in [7, 11) is 1.69. The van der Waals surface area contributed by atoms with Gasteiger partial charge in [-0.25, -0.2) is 0 Å². The molecule has 0 fully saturated rings. The molecule has 0 aromatic heterocycles. The molecular weight excluding hydrogens is 178 g/mol. The van der Waals surface area contributed by atoms with Crippen LogP contribution in [0, 0.1) is 5.92 Å². The average molecular weight is 203 g/mol. The fourth-order valence-electron chi connectivity index (χ4n) is 1.33. The molecule has 0 bridgehead atoms. The molecule has 0 spiro atoms. The van der Waals surface area contributed by atoms with Crippen molar-refractivity contribution in [1.29, 1.82) is 0 Å². The molecule has 0 aliphatic heterocycles. The molecule has 1 atom stereocenters. The van der Waals surface area contributed by atoms with Crippen LogP contribution in [0.1, 0.15) is 26.7 Å². The number of hydrogen-bond acceptors (Lipinski definition) is 3. The summed E-state index contributed by atoms with van der Waals surface area (Å²) in [5.74, 6) is 0.777. The van der Waals surface area contributed by atoms with Gasteiger partial charge >= 0.3 is 0 Å². The monoisotopic (exact) mass is 203 g/mol. The number of methoxy groups -OCH3 is 1. The summed E-state index contributed by atoms with van der Waals surface area (Å²) >= 11 is 0. The van der Waals surface area contributed by atoms with Crippen LogP contribution in [0.4, 0.5) is 0 Å². The number of ether oxygens (including phenoxy) is 2. The van der Waals surface area contributed by atoms with Crippen LogP contribution >= 0.6 is 0 Å². The molecule has 0 saturated heterocycles. The molecule has 1 N–H and O–H groups in total. The first-order valence-corrected chi connectivity index (χ1v) is 5.58. The van der Waals surface area contributed by atoms with Crippen LogP contribution in [-0.4, -0.2) is 40.0 Å². The normalized spacial score (nSPS) is 13.1. The quantitative estimate of drug-likeness (QED) is 0.548. The molecule has 0 amide bonds. The van der Waals surface area contributed by atoms with Gasteiger partial charge in [0, 0.05) is 13.7 Å². The van der Waals surface area contributed by atoms with E-state index in [-0.39, 0.29) is 0 Å². The maximum Gasteiger partial charge on any atom is 0.0700 e. The Hall–Kier alpha value is -0.120. The van der Waals surface area contributed by atoms with Gasteiger partial charge in [0.1, 0.15) is 0 Å². The van der Waals surface area contributed by atoms with Crippen LogP contribution in [0.3, 0.4) is 0 Å². The molecule has 3 heteroatoms. The summed E-state index contributed by atoms with van der Waals surface area (Å²) in [6.07, 6.45) is 2.57. The van der Waals surface area contributed by atoms with Gasteiger partial charge < -0.3 is 14.8 Å². The van der Waals surface area contributed by atoms with E-state index in [9.17, 15) is 0 Å². The smallest absolute Gasteiger partial charge is 0.0700 e. The van der Waals surface area contributed by atoms with Crippen LogP contribution < -0.4 is 5.32 Å². The van der Waals surface area contributed by atoms with Crippen molar-refractivity contribution < 1.29 is 9.47 Å². The van der Waals surface area contributed by atoms with Crippen LogP contribution in [0.2, 0.25) is 0 Å². The Bertz CT molecular complexity index is 109. The van der Waals surface area contributed by atoms with E-state index in [4.69, 9.17) is 9.47 Å². The van der Waals surface area contributed by atoms with Gasteiger partial charge in [0.2, 0.25) is 0 Å². The van der Waals surface area contributed by atoms with Crippen molar-refractivity contribution in [2.24, 2.45) is 5.92 Å². The van der Waals surface area contributed by atoms with Gasteiger partial charge in [0.25, 0.3) is 0 Å². The third-order valence-corrected chi connectivity index (χ3v) is 2.13. The molecule has 0 rings (SSSR count). The van der Waals surface area contributed by atoms with Gasteiger partial charge in [-0.3, -0.25) is 0 Å². The van der Waals surface area contributed by atoms with Gasteiger partial charge in [-0.2, -0.15) is 0 Å². The van der Waals surface area contributed by atoms with E-state index in [1.54, 1.807) is 7.11 Å². The molecule has 0 radical (unpaired) electrons. The molecule has 0 aliphatic carbocycles. The zero-order valence-corrected chi connectivity index (χ0v) is 9.84. The second-order valence-corrected chi connectivity index (χ2v) is 3.70. The topological polar surface area (TPSA) is 30.5 Å². The predicted octanol–water partition coefficient (Wildman–Crippen LogP) is 1.68. The van der Waals surface area contributed by atoms with Crippen molar-refractivity contribution in [3.05, 3.63) is 0 Å². The Morgan fingerprint density at radius 1 is 1.21 bits per heavy atom. The van der Waals surface area contributed by atoms with Crippen LogP contribution in [-0.2, 0) is 9.47 Å². The van der Waals surface area contributed by atoms with Gasteiger partial charge in [-0.15, -0.1) is 0 Å². The Kier molecular flexibility index (Phi) is 10.9. The molecule has 0 aromatic carbocycles. The van der Waals surface area contributed by atoms with Crippen molar-refractivity contribution >= 4 is 0 Å². The lowest BCUT2D eigenvalue weighted by Crippen LogP contribution is -2.25. The molecule has 14 heavy (non-hydrogen) atoms. The minimum atomic E-state index is 0.687. The molecule has 0 aromatic rings. The zero-order chi connectivity index (χ0) is 10.6. The minimum absolute atomic E-state index is 0.687. The van der Waals surface area contributed by atoms with Gasteiger partial charge in [-0.05, 0) is 18.9 Å². The second-order valence-electron chi connectivity index (χ2n) is 3.70. The van der Waals surface area contributed by atoms with Crippen molar-refractivity contribution in [3.63, 3.8) is 0 Å². The van der Waals surface area contributed by atoms with E-state index in [2.05, 4.69) is 19.2 Å². The van der Waals surface area contributed by atoms with Gasteiger partial charge in [-0.1, -0.05) is 20.3 Å². The van der Waals surface area contributed by atoms with E-state index < -0.39 is 0 Å². The minimum Gasteiger partial charge on any atom is -0.382 e. The summed E-state index contributed by atoms with van der Waals surface area (Å²) in [6, 6.07) is 0. The Balaban J connectivity index is 2.98. The lowest BCUT2D eigenvalue weighted by atomic mass is 10.1. The third-order valence-electron chi connectivity index (χ3n) is 2.13. The molecule has 0 aliphatic rings. The lowest BCUT2D eigenvalue weighted by molar-refractivity contribution is 0.0717. The Morgan fingerprint density at radius 2 is 2.00 bits per heavy atom. The number of hydrogen-bond donors (Lipinski definition) is 1. The van der Waals surface area contributed by atoms with Crippen molar-refractivity contribution in [3.8, 4) is 0 Å². The summed E-state index contributed by atoms with van der Waals surface area (Å²) < 4.78 is 10.2. The standard InChI is InChI=1S/C11H25NO2/c1-4-5-11(2)10-12-6-7-14-9-8-13-3/h11-12H,4-10H2,1-3H3. The first-order chi connectivity index (χ1) is 6.81. The highest BCUT2D eigenvalue weighted by Gasteiger charge is 1.98. The maximum atomic E-state index is 5.33. The van der Waals surface area contributed by atoms with Crippen molar-refractivity contribution in [2.45, 2.75) is 26.7 Å². The summed E-state index contributed by atoms with van der Waals surface area (Å²) in [5.41, 5.74) is 0. The van der Waals surface area contributed by atoms with E-state index in [0.717, 1.165) is 25.6 Å². The highest BCUT2D eigenvalue weighted by Crippen LogP contribution is 2.01. The van der Waals surface area contributed by atoms with E-state index in [1.807, 2.05) is 0 Å². The van der Waals surface area contributed by atoms with Crippen LogP contribution in [0.15, 0.2) is 0 Å². The van der Waals surface area contributed by atoms with Crippen molar-refractivity contribution in [1.82, 2.24) is 5.32 Å². The van der Waals surface area contributed by atoms with Gasteiger partial charge in [0.05, 0.1) is 19.8 Å². The fraction of sp³-hybridized carbons (Fsp3) is 1.00. The maximum absolute atomic E-state index is 5.33. The molecule has 86 valence electrons. The Labute approximate surface area is 88.2 Å². The first-order valence-electron chi connectivity index (χ1n) is 5.58. The number of rotatable bonds is 10. The van der Waals surface area contributed by atoms with Crippen LogP contribution in [0.5, 0.6) is 0 Å². The Morgan fingerprint density at radius 3 is 2.64 bits per heavy atom. The summed E-state index contributed by atoms with van der Waals surface area (Å²) in [6.45, 7) is 8.71. The summed E-state index contributed by atoms with van der Waals surface area (Å²) in [4.78, 5) is 0. The van der Waals surface area contributed by atoms with Crippen LogP contribution in [0.25, 0.3) is 0 Å². The number of nitrogens with one attached hydrogen (secondary N) is 1. The molecule has 1 unspecified atom stereocenters. The summed E-state index contributed by atoms with van der Waals surface area (Å²) in [5, 5.41) is 3.38. The third kappa shape index (κ3) is 9.96. The fourth-order valence-corrected chi connectivity index (χ4v) is 1.33. The SMILES string of the molecule is CCCC(C)CNCCOCCOC. The highest BCUT2D eigenvalue weighted by atomic mass is 16.5. The average Bonchev–Trinajstić information content (AvgIpc) is 2.17. The van der Waals surface area contributed by atoms with E-state index >= 15 is 0 Å². The predicted molar refractivity (Wildman–Crippen MR) is 59.6 cm³/mol. The van der Waals surface area contributed by atoms with E-state index in [1.165, 1.54) is 12.8 Å². The zero-order valence-electron chi connectivity index (χ0n) is 9.84. The highest BCUT2D eigenvalue weighted by molar-refractivity contribution is 4.55. The molecular formula is C11H25NO2. The lowest BCUT2D eigenvalue weighted by Gasteiger charge is -2.11. The first kappa shape index (κ1) is 13.9. The van der Waals surface area contributed by atoms with Gasteiger partial charge in [0.15, 0.2) is 0 Å². The second kappa shape index (κ2) is 11.0. The van der Waals surface area contributed by atoms with E-state index in [0.29, 0.717) is 13.2 Å². The van der Waals surface area contributed by atoms with Crippen molar-refractivity contribution in [2.75, 3.05) is 40.0 Å². The molecule has 0 saturated carbocycles. The largest absolute Gasteiger partial charge is 0.382 e. The molecule has 3 nitrogen and oxygen atoms in total.